The fourth-order valence-electron chi connectivity index (χ4n) is 2.73. The maximum Gasteiger partial charge on any atom is 0.0393 e. The van der Waals surface area contributed by atoms with E-state index in [-0.39, 0.29) is 0 Å². The predicted molar refractivity (Wildman–Crippen MR) is 85.8 cm³/mol. The second kappa shape index (κ2) is 7.54. The summed E-state index contributed by atoms with van der Waals surface area (Å²) >= 11 is 0. The number of anilines is 1. The van der Waals surface area contributed by atoms with Gasteiger partial charge in [-0.05, 0) is 56.7 Å². The SMILES string of the molecule is Cc1ccc(N(C)CCC(CN)CC(C)C)c(C)c1. The lowest BCUT2D eigenvalue weighted by molar-refractivity contribution is 0.396. The van der Waals surface area contributed by atoms with Crippen molar-refractivity contribution in [2.24, 2.45) is 17.6 Å². The molecule has 0 fully saturated rings. The van der Waals surface area contributed by atoms with Gasteiger partial charge in [0.25, 0.3) is 0 Å². The molecule has 0 aliphatic heterocycles. The lowest BCUT2D eigenvalue weighted by Gasteiger charge is -2.25. The highest BCUT2D eigenvalue weighted by molar-refractivity contribution is 5.53. The fraction of sp³-hybridized carbons (Fsp3) is 0.647. The molecule has 0 aliphatic rings. The van der Waals surface area contributed by atoms with Crippen LogP contribution in [0, 0.1) is 25.7 Å². The molecule has 0 saturated heterocycles. The van der Waals surface area contributed by atoms with Crippen LogP contribution in [0.3, 0.4) is 0 Å². The van der Waals surface area contributed by atoms with Crippen molar-refractivity contribution >= 4 is 5.69 Å². The van der Waals surface area contributed by atoms with Gasteiger partial charge in [0, 0.05) is 19.3 Å². The average Bonchev–Trinajstić information content (AvgIpc) is 2.33. The van der Waals surface area contributed by atoms with E-state index < -0.39 is 0 Å². The third kappa shape index (κ3) is 5.23. The van der Waals surface area contributed by atoms with Gasteiger partial charge in [0.1, 0.15) is 0 Å². The van der Waals surface area contributed by atoms with Gasteiger partial charge in [-0.3, -0.25) is 0 Å². The fourth-order valence-corrected chi connectivity index (χ4v) is 2.73. The first-order valence-electron chi connectivity index (χ1n) is 7.42. The van der Waals surface area contributed by atoms with Crippen LogP contribution in [0.25, 0.3) is 0 Å². The van der Waals surface area contributed by atoms with Crippen LogP contribution in [0.15, 0.2) is 18.2 Å². The Hall–Kier alpha value is -1.02. The van der Waals surface area contributed by atoms with Gasteiger partial charge in [-0.15, -0.1) is 0 Å². The number of benzene rings is 1. The van der Waals surface area contributed by atoms with Gasteiger partial charge in [-0.2, -0.15) is 0 Å². The van der Waals surface area contributed by atoms with Gasteiger partial charge >= 0.3 is 0 Å². The molecule has 19 heavy (non-hydrogen) atoms. The van der Waals surface area contributed by atoms with E-state index in [9.17, 15) is 0 Å². The predicted octanol–water partition coefficient (Wildman–Crippen LogP) is 3.75. The minimum Gasteiger partial charge on any atom is -0.374 e. The molecule has 108 valence electrons. The number of aryl methyl sites for hydroxylation is 2. The summed E-state index contributed by atoms with van der Waals surface area (Å²) in [4.78, 5) is 2.36. The summed E-state index contributed by atoms with van der Waals surface area (Å²) in [6.45, 7) is 10.8. The highest BCUT2D eigenvalue weighted by atomic mass is 15.1. The van der Waals surface area contributed by atoms with Crippen molar-refractivity contribution < 1.29 is 0 Å². The van der Waals surface area contributed by atoms with E-state index in [2.05, 4.69) is 57.8 Å². The van der Waals surface area contributed by atoms with Crippen LogP contribution in [0.4, 0.5) is 5.69 Å². The zero-order valence-electron chi connectivity index (χ0n) is 13.2. The second-order valence-corrected chi connectivity index (χ2v) is 6.23. The Labute approximate surface area is 119 Å². The van der Waals surface area contributed by atoms with E-state index in [0.717, 1.165) is 19.0 Å². The molecule has 2 heteroatoms. The van der Waals surface area contributed by atoms with Crippen LogP contribution < -0.4 is 10.6 Å². The Morgan fingerprint density at radius 3 is 2.42 bits per heavy atom. The summed E-state index contributed by atoms with van der Waals surface area (Å²) in [5, 5.41) is 0. The van der Waals surface area contributed by atoms with Crippen molar-refractivity contribution in [3.05, 3.63) is 29.3 Å². The summed E-state index contributed by atoms with van der Waals surface area (Å²) in [5.41, 5.74) is 9.90. The first-order valence-corrected chi connectivity index (χ1v) is 7.42. The summed E-state index contributed by atoms with van der Waals surface area (Å²) in [6.07, 6.45) is 2.41. The van der Waals surface area contributed by atoms with Gasteiger partial charge in [-0.1, -0.05) is 31.5 Å². The van der Waals surface area contributed by atoms with Crippen LogP contribution in [0.1, 0.15) is 37.8 Å². The molecule has 1 aromatic rings. The lowest BCUT2D eigenvalue weighted by atomic mass is 9.94. The molecular weight excluding hydrogens is 232 g/mol. The molecule has 0 bridgehead atoms. The van der Waals surface area contributed by atoms with Crippen molar-refractivity contribution in [3.8, 4) is 0 Å². The smallest absolute Gasteiger partial charge is 0.0393 e. The third-order valence-electron chi connectivity index (χ3n) is 3.77. The summed E-state index contributed by atoms with van der Waals surface area (Å²) in [5.74, 6) is 1.38. The molecule has 1 unspecified atom stereocenters. The molecule has 1 rings (SSSR count). The van der Waals surface area contributed by atoms with Crippen molar-refractivity contribution in [1.29, 1.82) is 0 Å². The Morgan fingerprint density at radius 2 is 1.89 bits per heavy atom. The van der Waals surface area contributed by atoms with Crippen molar-refractivity contribution in [2.45, 2.75) is 40.5 Å². The average molecular weight is 262 g/mol. The number of rotatable bonds is 7. The summed E-state index contributed by atoms with van der Waals surface area (Å²) in [7, 11) is 2.18. The maximum atomic E-state index is 5.88. The van der Waals surface area contributed by atoms with Crippen molar-refractivity contribution in [3.63, 3.8) is 0 Å². The second-order valence-electron chi connectivity index (χ2n) is 6.23. The number of hydrogen-bond acceptors (Lipinski definition) is 2. The number of hydrogen-bond donors (Lipinski definition) is 1. The molecule has 0 aromatic heterocycles. The molecule has 0 amide bonds. The summed E-state index contributed by atoms with van der Waals surface area (Å²) in [6, 6.07) is 6.66. The third-order valence-corrected chi connectivity index (χ3v) is 3.77. The van der Waals surface area contributed by atoms with Crippen LogP contribution >= 0.6 is 0 Å². The first-order chi connectivity index (χ1) is 8.93. The van der Waals surface area contributed by atoms with E-state index in [4.69, 9.17) is 5.73 Å². The van der Waals surface area contributed by atoms with E-state index in [1.54, 1.807) is 0 Å². The zero-order chi connectivity index (χ0) is 14.4. The molecule has 0 saturated carbocycles. The van der Waals surface area contributed by atoms with Gasteiger partial charge in [0.15, 0.2) is 0 Å². The first kappa shape index (κ1) is 16.0. The minimum atomic E-state index is 0.646. The van der Waals surface area contributed by atoms with E-state index in [0.29, 0.717) is 5.92 Å². The topological polar surface area (TPSA) is 29.3 Å². The molecular formula is C17H30N2. The largest absolute Gasteiger partial charge is 0.374 e. The van der Waals surface area contributed by atoms with Crippen molar-refractivity contribution in [1.82, 2.24) is 0 Å². The van der Waals surface area contributed by atoms with E-state index in [1.165, 1.54) is 29.7 Å². The van der Waals surface area contributed by atoms with Gasteiger partial charge in [0.05, 0.1) is 0 Å². The van der Waals surface area contributed by atoms with Crippen molar-refractivity contribution in [2.75, 3.05) is 25.0 Å². The van der Waals surface area contributed by atoms with Crippen LogP contribution in [0.5, 0.6) is 0 Å². The monoisotopic (exact) mass is 262 g/mol. The molecule has 1 atom stereocenters. The maximum absolute atomic E-state index is 5.88. The van der Waals surface area contributed by atoms with E-state index in [1.807, 2.05) is 0 Å². The Morgan fingerprint density at radius 1 is 1.21 bits per heavy atom. The van der Waals surface area contributed by atoms with Gasteiger partial charge < -0.3 is 10.6 Å². The van der Waals surface area contributed by atoms with Gasteiger partial charge in [0.2, 0.25) is 0 Å². The van der Waals surface area contributed by atoms with Gasteiger partial charge in [-0.25, -0.2) is 0 Å². The Kier molecular flexibility index (Phi) is 6.36. The number of nitrogens with two attached hydrogens (primary N) is 1. The molecule has 1 aromatic carbocycles. The number of nitrogens with zero attached hydrogens (tertiary/aromatic N) is 1. The highest BCUT2D eigenvalue weighted by Crippen LogP contribution is 2.22. The molecule has 0 heterocycles. The van der Waals surface area contributed by atoms with Crippen LogP contribution in [0.2, 0.25) is 0 Å². The quantitative estimate of drug-likeness (QED) is 0.811. The molecule has 0 aliphatic carbocycles. The Bertz CT molecular complexity index is 385. The minimum absolute atomic E-state index is 0.646. The highest BCUT2D eigenvalue weighted by Gasteiger charge is 2.11. The zero-order valence-corrected chi connectivity index (χ0v) is 13.2. The van der Waals surface area contributed by atoms with Crippen LogP contribution in [-0.2, 0) is 0 Å². The molecule has 0 radical (unpaired) electrons. The normalized spacial score (nSPS) is 12.8. The van der Waals surface area contributed by atoms with Crippen LogP contribution in [-0.4, -0.2) is 20.1 Å². The lowest BCUT2D eigenvalue weighted by Crippen LogP contribution is -2.25. The molecule has 2 N–H and O–H groups in total. The molecule has 2 nitrogen and oxygen atoms in total. The standard InChI is InChI=1S/C17H30N2/c1-13(2)10-16(12-18)8-9-19(5)17-7-6-14(3)11-15(17)4/h6-7,11,13,16H,8-10,12,18H2,1-5H3. The summed E-state index contributed by atoms with van der Waals surface area (Å²) < 4.78 is 0. The van der Waals surface area contributed by atoms with E-state index >= 15 is 0 Å². The Balaban J connectivity index is 2.56. The molecule has 0 spiro atoms.